The van der Waals surface area contributed by atoms with Crippen LogP contribution < -0.4 is 25.0 Å². The molecule has 0 bridgehead atoms. The average Bonchev–Trinajstić information content (AvgIpc) is 3.07. The Morgan fingerprint density at radius 2 is 1.97 bits per heavy atom. The van der Waals surface area contributed by atoms with E-state index in [-0.39, 0.29) is 30.2 Å². The number of methoxy groups -OCH3 is 1. The minimum Gasteiger partial charge on any atom is -0.493 e. The number of hydrogen-bond acceptors (Lipinski definition) is 4. The van der Waals surface area contributed by atoms with Crippen LogP contribution in [-0.4, -0.2) is 38.2 Å². The summed E-state index contributed by atoms with van der Waals surface area (Å²) >= 11 is 0. The molecular weight excluding hydrogens is 377 g/mol. The third kappa shape index (κ3) is 5.16. The van der Waals surface area contributed by atoms with Crippen molar-refractivity contribution >= 4 is 17.6 Å². The van der Waals surface area contributed by atoms with Crippen molar-refractivity contribution in [1.29, 1.82) is 0 Å². The molecule has 2 aromatic rings. The smallest absolute Gasteiger partial charge is 0.315 e. The molecular formula is C21H24FN3O4. The van der Waals surface area contributed by atoms with E-state index in [0.717, 1.165) is 5.56 Å². The van der Waals surface area contributed by atoms with Gasteiger partial charge in [0.15, 0.2) is 11.5 Å². The Balaban J connectivity index is 1.53. The Morgan fingerprint density at radius 3 is 2.66 bits per heavy atom. The van der Waals surface area contributed by atoms with Gasteiger partial charge in [0.05, 0.1) is 19.8 Å². The van der Waals surface area contributed by atoms with Gasteiger partial charge in [-0.1, -0.05) is 6.07 Å². The largest absolute Gasteiger partial charge is 0.493 e. The van der Waals surface area contributed by atoms with Crippen molar-refractivity contribution in [3.8, 4) is 11.5 Å². The highest BCUT2D eigenvalue weighted by Crippen LogP contribution is 2.28. The van der Waals surface area contributed by atoms with Gasteiger partial charge in [-0.25, -0.2) is 9.18 Å². The number of amides is 3. The number of benzene rings is 2. The number of anilines is 1. The molecule has 7 nitrogen and oxygen atoms in total. The van der Waals surface area contributed by atoms with Crippen LogP contribution in [0.5, 0.6) is 11.5 Å². The van der Waals surface area contributed by atoms with Crippen LogP contribution in [0.25, 0.3) is 0 Å². The lowest BCUT2D eigenvalue weighted by Gasteiger charge is -2.17. The summed E-state index contributed by atoms with van der Waals surface area (Å²) in [7, 11) is 1.57. The molecule has 1 saturated heterocycles. The van der Waals surface area contributed by atoms with E-state index in [1.54, 1.807) is 30.2 Å². The molecule has 0 aliphatic carbocycles. The summed E-state index contributed by atoms with van der Waals surface area (Å²) in [6.07, 6.45) is 0.196. The van der Waals surface area contributed by atoms with Crippen LogP contribution in [0.15, 0.2) is 42.5 Å². The van der Waals surface area contributed by atoms with E-state index in [2.05, 4.69) is 10.6 Å². The van der Waals surface area contributed by atoms with Crippen molar-refractivity contribution in [2.24, 2.45) is 0 Å². The van der Waals surface area contributed by atoms with Crippen molar-refractivity contribution < 1.29 is 23.5 Å². The zero-order chi connectivity index (χ0) is 20.8. The van der Waals surface area contributed by atoms with Gasteiger partial charge in [0.1, 0.15) is 5.82 Å². The molecule has 0 saturated carbocycles. The molecule has 8 heteroatoms. The lowest BCUT2D eigenvalue weighted by molar-refractivity contribution is -0.117. The van der Waals surface area contributed by atoms with Crippen molar-refractivity contribution in [1.82, 2.24) is 10.6 Å². The third-order valence-electron chi connectivity index (χ3n) is 4.58. The Kier molecular flexibility index (Phi) is 6.54. The quantitative estimate of drug-likeness (QED) is 0.748. The molecule has 1 aliphatic rings. The van der Waals surface area contributed by atoms with E-state index in [0.29, 0.717) is 36.9 Å². The molecule has 3 amide bonds. The predicted molar refractivity (Wildman–Crippen MR) is 107 cm³/mol. The molecule has 0 unspecified atom stereocenters. The average molecular weight is 401 g/mol. The lowest BCUT2D eigenvalue weighted by Crippen LogP contribution is -2.43. The maximum Gasteiger partial charge on any atom is 0.315 e. The van der Waals surface area contributed by atoms with Gasteiger partial charge in [-0.2, -0.15) is 0 Å². The second kappa shape index (κ2) is 9.27. The van der Waals surface area contributed by atoms with Gasteiger partial charge in [-0.3, -0.25) is 4.79 Å². The van der Waals surface area contributed by atoms with E-state index < -0.39 is 0 Å². The number of rotatable bonds is 7. The Bertz CT molecular complexity index is 873. The highest BCUT2D eigenvalue weighted by molar-refractivity contribution is 5.96. The summed E-state index contributed by atoms with van der Waals surface area (Å²) in [4.78, 5) is 26.0. The summed E-state index contributed by atoms with van der Waals surface area (Å²) < 4.78 is 23.9. The molecule has 2 N–H and O–H groups in total. The van der Waals surface area contributed by atoms with Crippen molar-refractivity contribution in [2.75, 3.05) is 25.2 Å². The third-order valence-corrected chi connectivity index (χ3v) is 4.58. The Labute approximate surface area is 168 Å². The van der Waals surface area contributed by atoms with Gasteiger partial charge in [0.25, 0.3) is 0 Å². The molecule has 29 heavy (non-hydrogen) atoms. The minimum absolute atomic E-state index is 0.113. The highest BCUT2D eigenvalue weighted by atomic mass is 19.1. The summed E-state index contributed by atoms with van der Waals surface area (Å²) in [6.45, 7) is 3.04. The summed E-state index contributed by atoms with van der Waals surface area (Å²) in [5.41, 5.74) is 1.47. The van der Waals surface area contributed by atoms with Crippen molar-refractivity contribution in [3.63, 3.8) is 0 Å². The second-order valence-electron chi connectivity index (χ2n) is 6.63. The summed E-state index contributed by atoms with van der Waals surface area (Å²) in [5.74, 6) is 0.773. The zero-order valence-corrected chi connectivity index (χ0v) is 16.4. The number of ether oxygens (including phenoxy) is 2. The van der Waals surface area contributed by atoms with E-state index in [1.165, 1.54) is 12.1 Å². The standard InChI is InChI=1S/C21H24FN3O4/c1-3-29-19-10-14(4-9-18(19)28-2)12-23-21(27)24-16-11-20(26)25(13-16)17-7-5-15(22)6-8-17/h4-10,16H,3,11-13H2,1-2H3,(H2,23,24,27)/t16-/m1/s1. The fraction of sp³-hybridized carbons (Fsp3) is 0.333. The zero-order valence-electron chi connectivity index (χ0n) is 16.4. The summed E-state index contributed by atoms with van der Waals surface area (Å²) in [5, 5.41) is 5.59. The number of carbonyl (C=O) groups excluding carboxylic acids is 2. The molecule has 1 fully saturated rings. The second-order valence-corrected chi connectivity index (χ2v) is 6.63. The fourth-order valence-corrected chi connectivity index (χ4v) is 3.19. The number of nitrogens with one attached hydrogen (secondary N) is 2. The maximum absolute atomic E-state index is 13.1. The minimum atomic E-state index is -0.363. The molecule has 1 aliphatic heterocycles. The molecule has 154 valence electrons. The molecule has 1 heterocycles. The van der Waals surface area contributed by atoms with Crippen LogP contribution in [0.2, 0.25) is 0 Å². The first-order valence-electron chi connectivity index (χ1n) is 9.40. The van der Waals surface area contributed by atoms with Gasteiger partial charge in [-0.05, 0) is 48.9 Å². The SMILES string of the molecule is CCOc1cc(CNC(=O)N[C@@H]2CC(=O)N(c3ccc(F)cc3)C2)ccc1OC. The van der Waals surface area contributed by atoms with Crippen LogP contribution >= 0.6 is 0 Å². The Morgan fingerprint density at radius 1 is 1.21 bits per heavy atom. The molecule has 2 aromatic carbocycles. The Hall–Kier alpha value is -3.29. The number of carbonyl (C=O) groups is 2. The predicted octanol–water partition coefficient (Wildman–Crippen LogP) is 2.84. The monoisotopic (exact) mass is 401 g/mol. The molecule has 0 aromatic heterocycles. The van der Waals surface area contributed by atoms with Gasteiger partial charge in [0.2, 0.25) is 5.91 Å². The fourth-order valence-electron chi connectivity index (χ4n) is 3.19. The molecule has 0 spiro atoms. The van der Waals surface area contributed by atoms with E-state index in [4.69, 9.17) is 9.47 Å². The number of urea groups is 1. The van der Waals surface area contributed by atoms with Crippen molar-refractivity contribution in [3.05, 3.63) is 53.8 Å². The van der Waals surface area contributed by atoms with Crippen LogP contribution in [0.4, 0.5) is 14.9 Å². The first kappa shape index (κ1) is 20.4. The maximum atomic E-state index is 13.1. The normalized spacial score (nSPS) is 15.9. The first-order valence-corrected chi connectivity index (χ1v) is 9.40. The number of nitrogens with zero attached hydrogens (tertiary/aromatic N) is 1. The number of halogens is 1. The van der Waals surface area contributed by atoms with Gasteiger partial charge >= 0.3 is 6.03 Å². The number of hydrogen-bond donors (Lipinski definition) is 2. The molecule has 0 radical (unpaired) electrons. The van der Waals surface area contributed by atoms with Gasteiger partial charge in [0, 0.05) is 25.2 Å². The van der Waals surface area contributed by atoms with E-state index >= 15 is 0 Å². The van der Waals surface area contributed by atoms with Crippen LogP contribution in [-0.2, 0) is 11.3 Å². The molecule has 1 atom stereocenters. The van der Waals surface area contributed by atoms with E-state index in [9.17, 15) is 14.0 Å². The van der Waals surface area contributed by atoms with Gasteiger partial charge in [-0.15, -0.1) is 0 Å². The first-order chi connectivity index (χ1) is 14.0. The van der Waals surface area contributed by atoms with Gasteiger partial charge < -0.3 is 25.0 Å². The lowest BCUT2D eigenvalue weighted by atomic mass is 10.2. The topological polar surface area (TPSA) is 79.9 Å². The molecule has 3 rings (SSSR count). The summed E-state index contributed by atoms with van der Waals surface area (Å²) in [6, 6.07) is 10.5. The highest BCUT2D eigenvalue weighted by Gasteiger charge is 2.31. The van der Waals surface area contributed by atoms with Crippen molar-refractivity contribution in [2.45, 2.75) is 25.9 Å². The van der Waals surface area contributed by atoms with Crippen LogP contribution in [0, 0.1) is 5.82 Å². The van der Waals surface area contributed by atoms with Crippen LogP contribution in [0.1, 0.15) is 18.9 Å². The van der Waals surface area contributed by atoms with E-state index in [1.807, 2.05) is 19.1 Å². The van der Waals surface area contributed by atoms with Crippen LogP contribution in [0.3, 0.4) is 0 Å².